The Hall–Kier alpha value is 0.180. The van der Waals surface area contributed by atoms with Crippen LogP contribution < -0.4 is 0 Å². The van der Waals surface area contributed by atoms with Gasteiger partial charge in [0, 0.05) is 9.65 Å². The molecular formula is C11H14Br2. The highest BCUT2D eigenvalue weighted by Crippen LogP contribution is 2.18. The molecule has 0 aliphatic carbocycles. The smallest absolute Gasteiger partial charge is 0.0308 e. The standard InChI is InChI=1S/C11H14Br2/c1-8-3-5-10(6-4-8)7-11(13)9(2)12/h3-6,9,11H,7H2,1-2H3. The van der Waals surface area contributed by atoms with Crippen molar-refractivity contribution in [2.75, 3.05) is 0 Å². The SMILES string of the molecule is Cc1ccc(CC(Br)C(C)Br)cc1. The molecule has 0 aliphatic heterocycles. The van der Waals surface area contributed by atoms with Crippen LogP contribution in [0.2, 0.25) is 0 Å². The molecule has 13 heavy (non-hydrogen) atoms. The molecule has 0 saturated carbocycles. The molecule has 2 atom stereocenters. The number of aryl methyl sites for hydroxylation is 1. The zero-order chi connectivity index (χ0) is 9.84. The van der Waals surface area contributed by atoms with Gasteiger partial charge in [-0.3, -0.25) is 0 Å². The second kappa shape index (κ2) is 5.16. The largest absolute Gasteiger partial charge is 0.0881 e. The molecule has 72 valence electrons. The van der Waals surface area contributed by atoms with Crippen LogP contribution in [0.1, 0.15) is 18.1 Å². The van der Waals surface area contributed by atoms with Gasteiger partial charge in [0.1, 0.15) is 0 Å². The van der Waals surface area contributed by atoms with Crippen molar-refractivity contribution in [2.24, 2.45) is 0 Å². The van der Waals surface area contributed by atoms with Crippen LogP contribution in [0.3, 0.4) is 0 Å². The highest BCUT2D eigenvalue weighted by atomic mass is 79.9. The van der Waals surface area contributed by atoms with Gasteiger partial charge in [0.15, 0.2) is 0 Å². The van der Waals surface area contributed by atoms with E-state index in [1.54, 1.807) is 0 Å². The lowest BCUT2D eigenvalue weighted by atomic mass is 10.1. The summed E-state index contributed by atoms with van der Waals surface area (Å²) >= 11 is 7.22. The van der Waals surface area contributed by atoms with Gasteiger partial charge in [0.25, 0.3) is 0 Å². The van der Waals surface area contributed by atoms with E-state index < -0.39 is 0 Å². The Morgan fingerprint density at radius 3 is 2.15 bits per heavy atom. The van der Waals surface area contributed by atoms with Crippen LogP contribution in [0, 0.1) is 6.92 Å². The van der Waals surface area contributed by atoms with E-state index in [0.717, 1.165) is 6.42 Å². The van der Waals surface area contributed by atoms with Crippen molar-refractivity contribution in [2.45, 2.75) is 29.9 Å². The average molecular weight is 306 g/mol. The Balaban J connectivity index is 2.59. The molecule has 0 saturated heterocycles. The van der Waals surface area contributed by atoms with E-state index in [4.69, 9.17) is 0 Å². The van der Waals surface area contributed by atoms with E-state index in [1.165, 1.54) is 11.1 Å². The summed E-state index contributed by atoms with van der Waals surface area (Å²) in [6.07, 6.45) is 1.08. The lowest BCUT2D eigenvalue weighted by Crippen LogP contribution is -2.12. The lowest BCUT2D eigenvalue weighted by Gasteiger charge is -2.12. The fourth-order valence-corrected chi connectivity index (χ4v) is 1.67. The molecule has 0 bridgehead atoms. The maximum absolute atomic E-state index is 3.65. The van der Waals surface area contributed by atoms with Crippen LogP contribution in [0.5, 0.6) is 0 Å². The third-order valence-electron chi connectivity index (χ3n) is 2.05. The van der Waals surface area contributed by atoms with E-state index in [2.05, 4.69) is 70.0 Å². The highest BCUT2D eigenvalue weighted by molar-refractivity contribution is 9.12. The molecule has 2 heteroatoms. The second-order valence-corrected chi connectivity index (χ2v) is 6.00. The summed E-state index contributed by atoms with van der Waals surface area (Å²) in [5.41, 5.74) is 2.71. The number of alkyl halides is 2. The van der Waals surface area contributed by atoms with E-state index in [-0.39, 0.29) is 0 Å². The van der Waals surface area contributed by atoms with Crippen LogP contribution in [0.25, 0.3) is 0 Å². The number of rotatable bonds is 3. The van der Waals surface area contributed by atoms with Crippen molar-refractivity contribution in [1.29, 1.82) is 0 Å². The van der Waals surface area contributed by atoms with E-state index in [1.807, 2.05) is 0 Å². The summed E-state index contributed by atoms with van der Waals surface area (Å²) < 4.78 is 0. The molecule has 0 nitrogen and oxygen atoms in total. The van der Waals surface area contributed by atoms with E-state index in [9.17, 15) is 0 Å². The quantitative estimate of drug-likeness (QED) is 0.738. The Morgan fingerprint density at radius 1 is 1.15 bits per heavy atom. The first-order valence-electron chi connectivity index (χ1n) is 4.43. The Morgan fingerprint density at radius 2 is 1.69 bits per heavy atom. The number of hydrogen-bond donors (Lipinski definition) is 0. The Kier molecular flexibility index (Phi) is 4.47. The molecule has 0 fully saturated rings. The molecule has 1 aromatic carbocycles. The maximum atomic E-state index is 3.65. The molecule has 0 aliphatic rings. The molecular weight excluding hydrogens is 292 g/mol. The van der Waals surface area contributed by atoms with Crippen LogP contribution >= 0.6 is 31.9 Å². The van der Waals surface area contributed by atoms with Crippen molar-refractivity contribution in [3.8, 4) is 0 Å². The van der Waals surface area contributed by atoms with Crippen LogP contribution in [0.4, 0.5) is 0 Å². The van der Waals surface area contributed by atoms with Gasteiger partial charge in [-0.15, -0.1) is 0 Å². The second-order valence-electron chi connectivity index (χ2n) is 3.38. The van der Waals surface area contributed by atoms with Gasteiger partial charge in [-0.05, 0) is 18.9 Å². The first-order chi connectivity index (χ1) is 6.09. The summed E-state index contributed by atoms with van der Waals surface area (Å²) in [5.74, 6) is 0. The van der Waals surface area contributed by atoms with Crippen molar-refractivity contribution in [3.05, 3.63) is 35.4 Å². The number of benzene rings is 1. The third-order valence-corrected chi connectivity index (χ3v) is 4.51. The van der Waals surface area contributed by atoms with Gasteiger partial charge in [0.05, 0.1) is 0 Å². The summed E-state index contributed by atoms with van der Waals surface area (Å²) in [4.78, 5) is 1.02. The summed E-state index contributed by atoms with van der Waals surface area (Å²) in [5, 5.41) is 0. The van der Waals surface area contributed by atoms with E-state index >= 15 is 0 Å². The lowest BCUT2D eigenvalue weighted by molar-refractivity contribution is 0.857. The molecule has 2 unspecified atom stereocenters. The van der Waals surface area contributed by atoms with Crippen molar-refractivity contribution in [3.63, 3.8) is 0 Å². The molecule has 0 N–H and O–H groups in total. The van der Waals surface area contributed by atoms with Crippen molar-refractivity contribution >= 4 is 31.9 Å². The van der Waals surface area contributed by atoms with Gasteiger partial charge in [-0.25, -0.2) is 0 Å². The fraction of sp³-hybridized carbons (Fsp3) is 0.455. The van der Waals surface area contributed by atoms with Crippen LogP contribution in [0.15, 0.2) is 24.3 Å². The average Bonchev–Trinajstić information content (AvgIpc) is 2.08. The van der Waals surface area contributed by atoms with Crippen molar-refractivity contribution in [1.82, 2.24) is 0 Å². The summed E-state index contributed by atoms with van der Waals surface area (Å²) in [7, 11) is 0. The van der Waals surface area contributed by atoms with E-state index in [0.29, 0.717) is 9.65 Å². The first kappa shape index (κ1) is 11.3. The highest BCUT2D eigenvalue weighted by Gasteiger charge is 2.10. The minimum Gasteiger partial charge on any atom is -0.0881 e. The predicted molar refractivity (Wildman–Crippen MR) is 66.0 cm³/mol. The molecule has 0 aromatic heterocycles. The summed E-state index contributed by atoms with van der Waals surface area (Å²) in [6, 6.07) is 8.71. The predicted octanol–water partition coefficient (Wildman–Crippen LogP) is 4.08. The van der Waals surface area contributed by atoms with Crippen LogP contribution in [-0.4, -0.2) is 9.65 Å². The summed E-state index contributed by atoms with van der Waals surface area (Å²) in [6.45, 7) is 4.27. The Labute approximate surface area is 97.0 Å². The topological polar surface area (TPSA) is 0 Å². The van der Waals surface area contributed by atoms with Crippen molar-refractivity contribution < 1.29 is 0 Å². The molecule has 0 heterocycles. The molecule has 0 amide bonds. The zero-order valence-corrected chi connectivity index (χ0v) is 11.1. The number of hydrogen-bond acceptors (Lipinski definition) is 0. The molecule has 0 radical (unpaired) electrons. The fourth-order valence-electron chi connectivity index (χ4n) is 1.11. The minimum absolute atomic E-state index is 0.508. The van der Waals surface area contributed by atoms with Gasteiger partial charge in [-0.2, -0.15) is 0 Å². The molecule has 0 spiro atoms. The monoisotopic (exact) mass is 304 g/mol. The zero-order valence-electron chi connectivity index (χ0n) is 7.93. The van der Waals surface area contributed by atoms with Gasteiger partial charge in [0.2, 0.25) is 0 Å². The maximum Gasteiger partial charge on any atom is 0.0308 e. The van der Waals surface area contributed by atoms with Gasteiger partial charge >= 0.3 is 0 Å². The molecule has 1 aromatic rings. The first-order valence-corrected chi connectivity index (χ1v) is 6.26. The third kappa shape index (κ3) is 3.82. The minimum atomic E-state index is 0.508. The molecule has 1 rings (SSSR count). The van der Waals surface area contributed by atoms with Gasteiger partial charge in [-0.1, -0.05) is 68.6 Å². The van der Waals surface area contributed by atoms with Crippen LogP contribution in [-0.2, 0) is 6.42 Å². The Bertz CT molecular complexity index is 251. The number of halogens is 2. The normalized spacial score (nSPS) is 15.4. The van der Waals surface area contributed by atoms with Gasteiger partial charge < -0.3 is 0 Å².